The Bertz CT molecular complexity index is 766. The summed E-state index contributed by atoms with van der Waals surface area (Å²) in [6.45, 7) is 3.67. The van der Waals surface area contributed by atoms with Crippen LogP contribution < -0.4 is 10.1 Å². The van der Waals surface area contributed by atoms with E-state index >= 15 is 0 Å². The Hall–Kier alpha value is -2.11. The van der Waals surface area contributed by atoms with Crippen molar-refractivity contribution >= 4 is 17.5 Å². The number of fused-ring (bicyclic) bond motifs is 1. The highest BCUT2D eigenvalue weighted by atomic mass is 35.5. The number of hydrogen-bond donors (Lipinski definition) is 1. The van der Waals surface area contributed by atoms with Crippen molar-refractivity contribution in [2.75, 3.05) is 0 Å². The van der Waals surface area contributed by atoms with Gasteiger partial charge in [-0.3, -0.25) is 4.79 Å². The van der Waals surface area contributed by atoms with Gasteiger partial charge in [0.2, 0.25) is 0 Å². The van der Waals surface area contributed by atoms with Gasteiger partial charge in [-0.15, -0.1) is 0 Å². The molecule has 0 saturated heterocycles. The topological polar surface area (TPSA) is 47.6 Å². The minimum Gasteiger partial charge on any atom is -0.455 e. The van der Waals surface area contributed by atoms with Crippen LogP contribution in [0.3, 0.4) is 0 Å². The fourth-order valence-corrected chi connectivity index (χ4v) is 2.75. The molecule has 0 unspecified atom stereocenters. The third-order valence-corrected chi connectivity index (χ3v) is 3.82. The molecule has 1 aliphatic heterocycles. The number of nitrogens with one attached hydrogen (secondary N) is 1. The number of carbonyl (C=O) groups is 1. The molecule has 0 saturated carbocycles. The van der Waals surface area contributed by atoms with E-state index in [-0.39, 0.29) is 6.04 Å². The van der Waals surface area contributed by atoms with Crippen molar-refractivity contribution in [2.45, 2.75) is 32.3 Å². The Morgan fingerprint density at radius 2 is 1.96 bits per heavy atom. The fourth-order valence-electron chi connectivity index (χ4n) is 2.57. The second-order valence-corrected chi connectivity index (χ2v) is 6.27. The maximum absolute atomic E-state index is 14.3. The zero-order chi connectivity index (χ0) is 17.3. The minimum atomic E-state index is -1.16. The number of halogens is 2. The van der Waals surface area contributed by atoms with Gasteiger partial charge in [0.05, 0.1) is 0 Å². The first kappa shape index (κ1) is 16.7. The molecule has 0 aromatic heterocycles. The summed E-state index contributed by atoms with van der Waals surface area (Å²) in [5.41, 5.74) is 0.910. The number of benzene rings is 2. The molecule has 0 aliphatic carbocycles. The molecule has 1 heterocycles. The maximum atomic E-state index is 14.3. The van der Waals surface area contributed by atoms with Gasteiger partial charge in [0.15, 0.2) is 0 Å². The molecule has 1 N–H and O–H groups in total. The van der Waals surface area contributed by atoms with E-state index in [0.29, 0.717) is 21.9 Å². The van der Waals surface area contributed by atoms with Gasteiger partial charge in [-0.05, 0) is 38.1 Å². The molecule has 0 radical (unpaired) electrons. The fraction of sp³-hybridized carbons (Fsp3) is 0.278. The molecule has 3 rings (SSSR count). The maximum Gasteiger partial charge on any atom is 0.289 e. The molecule has 0 bridgehead atoms. The number of ether oxygens (including phenoxy) is 2. The lowest BCUT2D eigenvalue weighted by Gasteiger charge is -2.32. The number of rotatable bonds is 3. The molecule has 24 heavy (non-hydrogen) atoms. The first-order chi connectivity index (χ1) is 11.5. The van der Waals surface area contributed by atoms with E-state index in [2.05, 4.69) is 5.32 Å². The smallest absolute Gasteiger partial charge is 0.289 e. The van der Waals surface area contributed by atoms with Gasteiger partial charge in [0.25, 0.3) is 12.2 Å². The van der Waals surface area contributed by atoms with E-state index in [1.165, 1.54) is 6.07 Å². The van der Waals surface area contributed by atoms with E-state index in [1.807, 2.05) is 13.8 Å². The molecule has 1 aliphatic rings. The van der Waals surface area contributed by atoms with E-state index < -0.39 is 24.1 Å². The molecule has 0 spiro atoms. The van der Waals surface area contributed by atoms with Gasteiger partial charge < -0.3 is 14.8 Å². The van der Waals surface area contributed by atoms with Gasteiger partial charge in [0.1, 0.15) is 17.7 Å². The van der Waals surface area contributed by atoms with Crippen molar-refractivity contribution in [2.24, 2.45) is 0 Å². The Morgan fingerprint density at radius 3 is 2.67 bits per heavy atom. The number of carbonyl (C=O) groups excluding carboxylic acids is 1. The van der Waals surface area contributed by atoms with Crippen LogP contribution in [0.5, 0.6) is 5.75 Å². The standard InChI is InChI=1S/C18H17ClFNO3/c1-10(2)21-17(22)18-23-15-8-7-11(19)9-13(15)16(24-18)12-5-3-4-6-14(12)20/h3-10,16,18H,1-2H3,(H,21,22)/t16-,18-/m0/s1. The van der Waals surface area contributed by atoms with Crippen molar-refractivity contribution in [1.29, 1.82) is 0 Å². The SMILES string of the molecule is CC(C)NC(=O)[C@H]1Oc2ccc(Cl)cc2[C@H](c2ccccc2F)O1. The summed E-state index contributed by atoms with van der Waals surface area (Å²) in [6.07, 6.45) is -1.94. The van der Waals surface area contributed by atoms with Crippen LogP contribution in [0.25, 0.3) is 0 Å². The lowest BCUT2D eigenvalue weighted by atomic mass is 9.99. The van der Waals surface area contributed by atoms with Crippen LogP contribution in [0.4, 0.5) is 4.39 Å². The molecule has 4 nitrogen and oxygen atoms in total. The van der Waals surface area contributed by atoms with Gasteiger partial charge in [0, 0.05) is 22.2 Å². The normalized spacial score (nSPS) is 19.5. The van der Waals surface area contributed by atoms with E-state index in [9.17, 15) is 9.18 Å². The summed E-state index contributed by atoms with van der Waals surface area (Å²) in [6, 6.07) is 11.2. The van der Waals surface area contributed by atoms with Crippen LogP contribution in [0.2, 0.25) is 5.02 Å². The number of amides is 1. The van der Waals surface area contributed by atoms with Crippen molar-refractivity contribution in [3.63, 3.8) is 0 Å². The molecule has 126 valence electrons. The highest BCUT2D eigenvalue weighted by Crippen LogP contribution is 2.40. The monoisotopic (exact) mass is 349 g/mol. The Balaban J connectivity index is 2.02. The molecular formula is C18H17ClFNO3. The summed E-state index contributed by atoms with van der Waals surface area (Å²) in [5.74, 6) is -0.381. The largest absolute Gasteiger partial charge is 0.455 e. The van der Waals surface area contributed by atoms with Gasteiger partial charge in [-0.25, -0.2) is 4.39 Å². The molecule has 6 heteroatoms. The van der Waals surface area contributed by atoms with Crippen LogP contribution >= 0.6 is 11.6 Å². The van der Waals surface area contributed by atoms with Gasteiger partial charge in [-0.1, -0.05) is 29.8 Å². The average Bonchev–Trinajstić information content (AvgIpc) is 2.54. The molecule has 2 aromatic carbocycles. The van der Waals surface area contributed by atoms with Crippen LogP contribution in [0, 0.1) is 5.82 Å². The van der Waals surface area contributed by atoms with Gasteiger partial charge in [-0.2, -0.15) is 0 Å². The first-order valence-corrected chi connectivity index (χ1v) is 8.00. The lowest BCUT2D eigenvalue weighted by Crippen LogP contribution is -2.45. The Kier molecular flexibility index (Phi) is 4.73. The zero-order valence-corrected chi connectivity index (χ0v) is 14.0. The second kappa shape index (κ2) is 6.79. The predicted molar refractivity (Wildman–Crippen MR) is 88.5 cm³/mol. The summed E-state index contributed by atoms with van der Waals surface area (Å²) < 4.78 is 25.6. The summed E-state index contributed by atoms with van der Waals surface area (Å²) in [4.78, 5) is 12.3. The Labute approximate surface area is 144 Å². The van der Waals surface area contributed by atoms with Gasteiger partial charge >= 0.3 is 0 Å². The average molecular weight is 350 g/mol. The van der Waals surface area contributed by atoms with Crippen molar-refractivity contribution in [3.05, 3.63) is 64.4 Å². The third-order valence-electron chi connectivity index (χ3n) is 3.58. The van der Waals surface area contributed by atoms with Crippen LogP contribution in [0.1, 0.15) is 31.1 Å². The molecule has 2 aromatic rings. The molecule has 0 fully saturated rings. The van der Waals surface area contributed by atoms with Crippen molar-refractivity contribution < 1.29 is 18.7 Å². The zero-order valence-electron chi connectivity index (χ0n) is 13.3. The highest BCUT2D eigenvalue weighted by Gasteiger charge is 2.35. The number of hydrogen-bond acceptors (Lipinski definition) is 3. The van der Waals surface area contributed by atoms with Crippen LogP contribution in [0.15, 0.2) is 42.5 Å². The molecule has 1 amide bonds. The minimum absolute atomic E-state index is 0.0665. The third kappa shape index (κ3) is 3.37. The van der Waals surface area contributed by atoms with Crippen molar-refractivity contribution in [1.82, 2.24) is 5.32 Å². The van der Waals surface area contributed by atoms with E-state index in [0.717, 1.165) is 0 Å². The highest BCUT2D eigenvalue weighted by molar-refractivity contribution is 6.30. The van der Waals surface area contributed by atoms with Crippen LogP contribution in [-0.2, 0) is 9.53 Å². The summed E-state index contributed by atoms with van der Waals surface area (Å²) in [7, 11) is 0. The van der Waals surface area contributed by atoms with Crippen molar-refractivity contribution in [3.8, 4) is 5.75 Å². The first-order valence-electron chi connectivity index (χ1n) is 7.62. The van der Waals surface area contributed by atoms with E-state index in [4.69, 9.17) is 21.1 Å². The predicted octanol–water partition coefficient (Wildman–Crippen LogP) is 3.83. The van der Waals surface area contributed by atoms with Crippen LogP contribution in [-0.4, -0.2) is 18.2 Å². The van der Waals surface area contributed by atoms with E-state index in [1.54, 1.807) is 36.4 Å². The molecule has 2 atom stereocenters. The Morgan fingerprint density at radius 1 is 1.21 bits per heavy atom. The molecular weight excluding hydrogens is 333 g/mol. The second-order valence-electron chi connectivity index (χ2n) is 5.83. The summed E-state index contributed by atoms with van der Waals surface area (Å²) >= 11 is 6.05. The summed E-state index contributed by atoms with van der Waals surface area (Å²) in [5, 5.41) is 3.21. The lowest BCUT2D eigenvalue weighted by molar-refractivity contribution is -0.166. The quantitative estimate of drug-likeness (QED) is 0.916.